The molecule has 124 valence electrons. The molecule has 1 heterocycles. The van der Waals surface area contributed by atoms with Crippen LogP contribution in [-0.4, -0.2) is 9.67 Å². The monoisotopic (exact) mass is 328 g/mol. The molecule has 0 saturated heterocycles. The predicted octanol–water partition coefficient (Wildman–Crippen LogP) is 4.14. The third-order valence-corrected chi connectivity index (χ3v) is 5.32. The Kier molecular flexibility index (Phi) is 3.71. The summed E-state index contributed by atoms with van der Waals surface area (Å²) in [7, 11) is 1.91. The molecular weight excluding hydrogens is 308 g/mol. The van der Waals surface area contributed by atoms with Crippen LogP contribution in [0, 0.1) is 11.3 Å². The molecule has 1 aromatic heterocycles. The molecule has 1 atom stereocenters. The molecule has 1 unspecified atom stereocenters. The highest BCUT2D eigenvalue weighted by molar-refractivity contribution is 5.64. The first kappa shape index (κ1) is 15.7. The van der Waals surface area contributed by atoms with Crippen molar-refractivity contribution in [3.8, 4) is 17.3 Å². The maximum atomic E-state index is 11.4. The SMILES string of the molecule is Cn1c(C#N)ccc1-c1ccc2c(c1)CCCC2(O)c1ccccc1. The Morgan fingerprint density at radius 1 is 1.08 bits per heavy atom. The van der Waals surface area contributed by atoms with Gasteiger partial charge in [-0.15, -0.1) is 0 Å². The fourth-order valence-electron chi connectivity index (χ4n) is 3.96. The van der Waals surface area contributed by atoms with Crippen molar-refractivity contribution in [2.24, 2.45) is 7.05 Å². The number of aliphatic hydroxyl groups is 1. The van der Waals surface area contributed by atoms with Gasteiger partial charge in [0.05, 0.1) is 0 Å². The Balaban J connectivity index is 1.81. The quantitative estimate of drug-likeness (QED) is 0.769. The average Bonchev–Trinajstić information content (AvgIpc) is 3.03. The maximum Gasteiger partial charge on any atom is 0.120 e. The second-order valence-corrected chi connectivity index (χ2v) is 6.73. The Hall–Kier alpha value is -2.83. The number of rotatable bonds is 2. The minimum absolute atomic E-state index is 0.647. The van der Waals surface area contributed by atoms with Crippen LogP contribution in [0.3, 0.4) is 0 Å². The zero-order valence-electron chi connectivity index (χ0n) is 14.2. The van der Waals surface area contributed by atoms with Gasteiger partial charge in [-0.2, -0.15) is 5.26 Å². The largest absolute Gasteiger partial charge is 0.380 e. The number of hydrogen-bond acceptors (Lipinski definition) is 2. The molecule has 3 aromatic rings. The van der Waals surface area contributed by atoms with Crippen molar-refractivity contribution >= 4 is 0 Å². The summed E-state index contributed by atoms with van der Waals surface area (Å²) >= 11 is 0. The van der Waals surface area contributed by atoms with Crippen LogP contribution in [-0.2, 0) is 19.1 Å². The van der Waals surface area contributed by atoms with Crippen LogP contribution in [0.1, 0.15) is 35.2 Å². The number of nitriles is 1. The van der Waals surface area contributed by atoms with Gasteiger partial charge in [0.2, 0.25) is 0 Å². The molecule has 0 fully saturated rings. The molecule has 4 rings (SSSR count). The molecule has 1 N–H and O–H groups in total. The highest BCUT2D eigenvalue weighted by Gasteiger charge is 2.36. The minimum atomic E-state index is -0.917. The molecular formula is C22H20N2O. The number of hydrogen-bond donors (Lipinski definition) is 1. The van der Waals surface area contributed by atoms with E-state index in [1.54, 1.807) is 0 Å². The lowest BCUT2D eigenvalue weighted by molar-refractivity contribution is 0.0616. The fraction of sp³-hybridized carbons (Fsp3) is 0.227. The average molecular weight is 328 g/mol. The fourth-order valence-corrected chi connectivity index (χ4v) is 3.96. The van der Waals surface area contributed by atoms with E-state index in [9.17, 15) is 5.11 Å². The lowest BCUT2D eigenvalue weighted by Gasteiger charge is -2.35. The number of nitrogens with zero attached hydrogens (tertiary/aromatic N) is 2. The molecule has 0 radical (unpaired) electrons. The van der Waals surface area contributed by atoms with Crippen molar-refractivity contribution in [3.05, 3.63) is 83.0 Å². The molecule has 0 aliphatic heterocycles. The van der Waals surface area contributed by atoms with Gasteiger partial charge in [0.15, 0.2) is 0 Å². The number of aromatic nitrogens is 1. The van der Waals surface area contributed by atoms with Gasteiger partial charge in [0.1, 0.15) is 17.4 Å². The van der Waals surface area contributed by atoms with Crippen molar-refractivity contribution in [3.63, 3.8) is 0 Å². The normalized spacial score (nSPS) is 19.2. The minimum Gasteiger partial charge on any atom is -0.380 e. The molecule has 1 aliphatic carbocycles. The van der Waals surface area contributed by atoms with E-state index >= 15 is 0 Å². The third kappa shape index (κ3) is 2.47. The number of aryl methyl sites for hydroxylation is 1. The molecule has 2 aromatic carbocycles. The first-order valence-corrected chi connectivity index (χ1v) is 8.61. The first-order chi connectivity index (χ1) is 12.1. The Bertz CT molecular complexity index is 965. The van der Waals surface area contributed by atoms with E-state index < -0.39 is 5.60 Å². The summed E-state index contributed by atoms with van der Waals surface area (Å²) in [5, 5.41) is 20.6. The smallest absolute Gasteiger partial charge is 0.120 e. The van der Waals surface area contributed by atoms with Crippen molar-refractivity contribution in [2.75, 3.05) is 0 Å². The van der Waals surface area contributed by atoms with Crippen LogP contribution >= 0.6 is 0 Å². The molecule has 0 spiro atoms. The van der Waals surface area contributed by atoms with Gasteiger partial charge in [-0.3, -0.25) is 0 Å². The topological polar surface area (TPSA) is 49.0 Å². The zero-order valence-corrected chi connectivity index (χ0v) is 14.2. The van der Waals surface area contributed by atoms with E-state index in [0.717, 1.165) is 41.6 Å². The van der Waals surface area contributed by atoms with Gasteiger partial charge in [-0.1, -0.05) is 42.5 Å². The predicted molar refractivity (Wildman–Crippen MR) is 97.9 cm³/mol. The molecule has 3 nitrogen and oxygen atoms in total. The van der Waals surface area contributed by atoms with Crippen molar-refractivity contribution < 1.29 is 5.11 Å². The molecule has 25 heavy (non-hydrogen) atoms. The molecule has 0 saturated carbocycles. The van der Waals surface area contributed by atoms with Crippen LogP contribution in [0.25, 0.3) is 11.3 Å². The highest BCUT2D eigenvalue weighted by atomic mass is 16.3. The van der Waals surface area contributed by atoms with Crippen LogP contribution in [0.15, 0.2) is 60.7 Å². The van der Waals surface area contributed by atoms with Gasteiger partial charge in [-0.25, -0.2) is 0 Å². The van der Waals surface area contributed by atoms with Crippen LogP contribution in [0.5, 0.6) is 0 Å². The van der Waals surface area contributed by atoms with Crippen LogP contribution in [0.2, 0.25) is 0 Å². The molecule has 1 aliphatic rings. The number of fused-ring (bicyclic) bond motifs is 1. The Morgan fingerprint density at radius 2 is 1.88 bits per heavy atom. The van der Waals surface area contributed by atoms with Gasteiger partial charge in [0.25, 0.3) is 0 Å². The van der Waals surface area contributed by atoms with E-state index in [1.165, 1.54) is 5.56 Å². The van der Waals surface area contributed by atoms with E-state index in [4.69, 9.17) is 5.26 Å². The summed E-state index contributed by atoms with van der Waals surface area (Å²) in [6, 6.07) is 22.2. The maximum absolute atomic E-state index is 11.4. The van der Waals surface area contributed by atoms with Crippen molar-refractivity contribution in [1.29, 1.82) is 5.26 Å². The van der Waals surface area contributed by atoms with Crippen molar-refractivity contribution in [2.45, 2.75) is 24.9 Å². The molecule has 0 amide bonds. The summed E-state index contributed by atoms with van der Waals surface area (Å²) in [5.74, 6) is 0. The highest BCUT2D eigenvalue weighted by Crippen LogP contribution is 2.41. The van der Waals surface area contributed by atoms with E-state index in [2.05, 4.69) is 24.3 Å². The van der Waals surface area contributed by atoms with Crippen LogP contribution < -0.4 is 0 Å². The van der Waals surface area contributed by atoms with Crippen LogP contribution in [0.4, 0.5) is 0 Å². The first-order valence-electron chi connectivity index (χ1n) is 8.61. The summed E-state index contributed by atoms with van der Waals surface area (Å²) in [4.78, 5) is 0. The second-order valence-electron chi connectivity index (χ2n) is 6.73. The summed E-state index contributed by atoms with van der Waals surface area (Å²) in [5.41, 5.74) is 4.98. The summed E-state index contributed by atoms with van der Waals surface area (Å²) < 4.78 is 1.91. The lowest BCUT2D eigenvalue weighted by atomic mass is 9.74. The Morgan fingerprint density at radius 3 is 2.60 bits per heavy atom. The summed E-state index contributed by atoms with van der Waals surface area (Å²) in [6.07, 6.45) is 2.67. The van der Waals surface area contributed by atoms with Gasteiger partial charge >= 0.3 is 0 Å². The van der Waals surface area contributed by atoms with Gasteiger partial charge in [0, 0.05) is 12.7 Å². The summed E-state index contributed by atoms with van der Waals surface area (Å²) in [6.45, 7) is 0. The number of benzene rings is 2. The van der Waals surface area contributed by atoms with Gasteiger partial charge in [-0.05, 0) is 59.7 Å². The Labute approximate surface area is 147 Å². The standard InChI is InChI=1S/C22H20N2O/c1-24-19(15-23)10-12-21(24)17-9-11-20-16(14-17)6-5-13-22(20,25)18-7-3-2-4-8-18/h2-4,7-12,14,25H,5-6,13H2,1H3. The molecule has 3 heteroatoms. The van der Waals surface area contributed by atoms with E-state index in [1.807, 2.05) is 54.1 Å². The molecule has 0 bridgehead atoms. The third-order valence-electron chi connectivity index (χ3n) is 5.32. The van der Waals surface area contributed by atoms with E-state index in [-0.39, 0.29) is 0 Å². The van der Waals surface area contributed by atoms with Gasteiger partial charge < -0.3 is 9.67 Å². The van der Waals surface area contributed by atoms with E-state index in [0.29, 0.717) is 5.69 Å². The zero-order chi connectivity index (χ0) is 17.4. The van der Waals surface area contributed by atoms with Crippen molar-refractivity contribution in [1.82, 2.24) is 4.57 Å². The second kappa shape index (κ2) is 5.91. The lowest BCUT2D eigenvalue weighted by Crippen LogP contribution is -2.31.